The van der Waals surface area contributed by atoms with Crippen molar-refractivity contribution in [1.82, 2.24) is 4.90 Å². The molecule has 4 nitrogen and oxygen atoms in total. The zero-order chi connectivity index (χ0) is 16.2. The fraction of sp³-hybridized carbons (Fsp3) is 0.375. The van der Waals surface area contributed by atoms with Crippen molar-refractivity contribution in [3.05, 3.63) is 41.2 Å². The fourth-order valence-corrected chi connectivity index (χ4v) is 1.67. The Kier molecular flexibility index (Phi) is 5.24. The molecule has 0 fully saturated rings. The Bertz CT molecular complexity index is 579. The van der Waals surface area contributed by atoms with Gasteiger partial charge in [-0.3, -0.25) is 4.79 Å². The summed E-state index contributed by atoms with van der Waals surface area (Å²) in [7, 11) is 1.63. The van der Waals surface area contributed by atoms with Gasteiger partial charge in [0.1, 0.15) is 5.82 Å². The van der Waals surface area contributed by atoms with Gasteiger partial charge in [-0.1, -0.05) is 13.0 Å². The van der Waals surface area contributed by atoms with E-state index in [1.165, 1.54) is 29.2 Å². The van der Waals surface area contributed by atoms with Gasteiger partial charge in [0.25, 0.3) is 5.91 Å². The molecule has 1 aromatic carbocycles. The number of hydrogen-bond acceptors (Lipinski definition) is 2. The molecule has 0 saturated carbocycles. The van der Waals surface area contributed by atoms with Crippen LogP contribution in [0, 0.1) is 5.82 Å². The van der Waals surface area contributed by atoms with Crippen LogP contribution in [-0.2, 0) is 4.79 Å². The summed E-state index contributed by atoms with van der Waals surface area (Å²) in [6.45, 7) is 5.75. The second kappa shape index (κ2) is 6.52. The summed E-state index contributed by atoms with van der Waals surface area (Å²) in [5.74, 6) is -2.15. The minimum atomic E-state index is -1.10. The number of hydrogen-bond donors (Lipinski definition) is 1. The van der Waals surface area contributed by atoms with Crippen molar-refractivity contribution in [2.45, 2.75) is 32.7 Å². The SMILES string of the molecule is CCC(C)(C)N(C)C(=O)c1cc(C=CC(=O)O)ccc1F. The predicted molar refractivity (Wildman–Crippen MR) is 79.5 cm³/mol. The number of carboxylic acid groups (broad SMARTS) is 1. The molecule has 0 aliphatic carbocycles. The number of aliphatic carboxylic acids is 1. The van der Waals surface area contributed by atoms with E-state index in [1.807, 2.05) is 20.8 Å². The maximum Gasteiger partial charge on any atom is 0.328 e. The number of halogens is 1. The molecule has 0 saturated heterocycles. The molecule has 0 bridgehead atoms. The molecule has 5 heteroatoms. The van der Waals surface area contributed by atoms with Gasteiger partial charge >= 0.3 is 5.97 Å². The van der Waals surface area contributed by atoms with E-state index in [2.05, 4.69) is 0 Å². The van der Waals surface area contributed by atoms with Gasteiger partial charge in [0.15, 0.2) is 0 Å². The Labute approximate surface area is 123 Å². The molecule has 1 N–H and O–H groups in total. The van der Waals surface area contributed by atoms with Crippen LogP contribution in [0.25, 0.3) is 6.08 Å². The van der Waals surface area contributed by atoms with E-state index in [0.29, 0.717) is 5.56 Å². The molecule has 0 aliphatic rings. The lowest BCUT2D eigenvalue weighted by atomic mass is 9.98. The van der Waals surface area contributed by atoms with E-state index >= 15 is 0 Å². The zero-order valence-corrected chi connectivity index (χ0v) is 12.7. The van der Waals surface area contributed by atoms with Gasteiger partial charge in [0, 0.05) is 18.7 Å². The Morgan fingerprint density at radius 1 is 1.38 bits per heavy atom. The van der Waals surface area contributed by atoms with Crippen molar-refractivity contribution in [1.29, 1.82) is 0 Å². The molecule has 114 valence electrons. The summed E-state index contributed by atoms with van der Waals surface area (Å²) < 4.78 is 13.9. The summed E-state index contributed by atoms with van der Waals surface area (Å²) in [6.07, 6.45) is 3.00. The number of amides is 1. The molecular formula is C16H20FNO3. The van der Waals surface area contributed by atoms with E-state index in [1.54, 1.807) is 7.05 Å². The number of carbonyl (C=O) groups excluding carboxylic acids is 1. The lowest BCUT2D eigenvalue weighted by molar-refractivity contribution is -0.131. The third kappa shape index (κ3) is 4.15. The van der Waals surface area contributed by atoms with Crippen LogP contribution >= 0.6 is 0 Å². The van der Waals surface area contributed by atoms with Crippen molar-refractivity contribution in [3.63, 3.8) is 0 Å². The molecule has 0 aromatic heterocycles. The summed E-state index contributed by atoms with van der Waals surface area (Å²) in [6, 6.07) is 3.96. The Morgan fingerprint density at radius 2 is 2.00 bits per heavy atom. The highest BCUT2D eigenvalue weighted by Gasteiger charge is 2.28. The third-order valence-corrected chi connectivity index (χ3v) is 3.72. The van der Waals surface area contributed by atoms with E-state index in [0.717, 1.165) is 12.5 Å². The van der Waals surface area contributed by atoms with Crippen LogP contribution in [0.15, 0.2) is 24.3 Å². The van der Waals surface area contributed by atoms with E-state index in [9.17, 15) is 14.0 Å². The summed E-state index contributed by atoms with van der Waals surface area (Å²) >= 11 is 0. The summed E-state index contributed by atoms with van der Waals surface area (Å²) in [4.78, 5) is 24.4. The van der Waals surface area contributed by atoms with Gasteiger partial charge in [0.05, 0.1) is 5.56 Å². The molecule has 1 amide bonds. The highest BCUT2D eigenvalue weighted by Crippen LogP contribution is 2.21. The van der Waals surface area contributed by atoms with Crippen molar-refractivity contribution < 1.29 is 19.1 Å². The molecule has 0 unspecified atom stereocenters. The largest absolute Gasteiger partial charge is 0.478 e. The first-order valence-corrected chi connectivity index (χ1v) is 6.67. The van der Waals surface area contributed by atoms with Crippen LogP contribution in [0.5, 0.6) is 0 Å². The second-order valence-corrected chi connectivity index (χ2v) is 5.44. The minimum Gasteiger partial charge on any atom is -0.478 e. The van der Waals surface area contributed by atoms with Crippen molar-refractivity contribution in [3.8, 4) is 0 Å². The predicted octanol–water partition coefficient (Wildman–Crippen LogP) is 3.18. The standard InChI is InChI=1S/C16H20FNO3/c1-5-16(2,3)18(4)15(21)12-10-11(6-8-13(12)17)7-9-14(19)20/h6-10H,5H2,1-4H3,(H,19,20). The minimum absolute atomic E-state index is 0.0634. The molecule has 0 aliphatic heterocycles. The smallest absolute Gasteiger partial charge is 0.328 e. The fourth-order valence-electron chi connectivity index (χ4n) is 1.67. The maximum atomic E-state index is 13.9. The number of nitrogens with zero attached hydrogens (tertiary/aromatic N) is 1. The number of benzene rings is 1. The van der Waals surface area contributed by atoms with Crippen LogP contribution in [0.4, 0.5) is 4.39 Å². The monoisotopic (exact) mass is 293 g/mol. The first kappa shape index (κ1) is 16.9. The number of carboxylic acids is 1. The number of rotatable bonds is 5. The quantitative estimate of drug-likeness (QED) is 0.848. The van der Waals surface area contributed by atoms with E-state index in [4.69, 9.17) is 5.11 Å². The lowest BCUT2D eigenvalue weighted by Crippen LogP contribution is -2.44. The van der Waals surface area contributed by atoms with Crippen LogP contribution in [-0.4, -0.2) is 34.5 Å². The average Bonchev–Trinajstić information content (AvgIpc) is 2.44. The molecule has 1 rings (SSSR count). The first-order valence-electron chi connectivity index (χ1n) is 6.67. The Hall–Kier alpha value is -2.17. The highest BCUT2D eigenvalue weighted by molar-refractivity contribution is 5.95. The van der Waals surface area contributed by atoms with Gasteiger partial charge < -0.3 is 10.0 Å². The first-order chi connectivity index (χ1) is 9.69. The van der Waals surface area contributed by atoms with E-state index < -0.39 is 23.2 Å². The van der Waals surface area contributed by atoms with Gasteiger partial charge in [-0.15, -0.1) is 0 Å². The Balaban J connectivity index is 3.15. The van der Waals surface area contributed by atoms with E-state index in [-0.39, 0.29) is 5.56 Å². The topological polar surface area (TPSA) is 57.6 Å². The second-order valence-electron chi connectivity index (χ2n) is 5.44. The van der Waals surface area contributed by atoms with Crippen LogP contribution in [0.2, 0.25) is 0 Å². The maximum absolute atomic E-state index is 13.9. The number of carbonyl (C=O) groups is 2. The lowest BCUT2D eigenvalue weighted by Gasteiger charge is -2.35. The highest BCUT2D eigenvalue weighted by atomic mass is 19.1. The van der Waals surface area contributed by atoms with Gasteiger partial charge in [-0.2, -0.15) is 0 Å². The van der Waals surface area contributed by atoms with Gasteiger partial charge in [-0.05, 0) is 44.0 Å². The molecular weight excluding hydrogens is 273 g/mol. The Morgan fingerprint density at radius 3 is 2.52 bits per heavy atom. The normalized spacial score (nSPS) is 11.7. The molecule has 0 spiro atoms. The zero-order valence-electron chi connectivity index (χ0n) is 12.7. The van der Waals surface area contributed by atoms with Gasteiger partial charge in [-0.25, -0.2) is 9.18 Å². The third-order valence-electron chi connectivity index (χ3n) is 3.72. The van der Waals surface area contributed by atoms with Crippen LogP contribution in [0.1, 0.15) is 43.1 Å². The van der Waals surface area contributed by atoms with Crippen LogP contribution < -0.4 is 0 Å². The van der Waals surface area contributed by atoms with Gasteiger partial charge in [0.2, 0.25) is 0 Å². The van der Waals surface area contributed by atoms with Crippen molar-refractivity contribution >= 4 is 18.0 Å². The van der Waals surface area contributed by atoms with Crippen molar-refractivity contribution in [2.75, 3.05) is 7.05 Å². The van der Waals surface area contributed by atoms with Crippen molar-refractivity contribution in [2.24, 2.45) is 0 Å². The molecule has 1 aromatic rings. The average molecular weight is 293 g/mol. The van der Waals surface area contributed by atoms with Crippen LogP contribution in [0.3, 0.4) is 0 Å². The summed E-state index contributed by atoms with van der Waals surface area (Å²) in [5.41, 5.74) is 0.00703. The molecule has 0 atom stereocenters. The molecule has 21 heavy (non-hydrogen) atoms. The molecule has 0 radical (unpaired) electrons. The molecule has 0 heterocycles. The summed E-state index contributed by atoms with van der Waals surface area (Å²) in [5, 5.41) is 8.60.